The Morgan fingerprint density at radius 1 is 1.29 bits per heavy atom. The minimum absolute atomic E-state index is 0.218. The summed E-state index contributed by atoms with van der Waals surface area (Å²) < 4.78 is 5.43. The lowest BCUT2D eigenvalue weighted by molar-refractivity contribution is 0.328. The molecule has 0 aliphatic heterocycles. The number of aromatic nitrogens is 2. The van der Waals surface area contributed by atoms with Crippen LogP contribution >= 0.6 is 0 Å². The van der Waals surface area contributed by atoms with E-state index >= 15 is 0 Å². The van der Waals surface area contributed by atoms with Crippen molar-refractivity contribution in [3.63, 3.8) is 0 Å². The quantitative estimate of drug-likeness (QED) is 0.847. The fraction of sp³-hybridized carbons (Fsp3) is 0.529. The summed E-state index contributed by atoms with van der Waals surface area (Å²) in [6, 6.07) is 8.74. The zero-order valence-electron chi connectivity index (χ0n) is 13.4. The normalized spacial score (nSPS) is 14.1. The number of nitrogens with one attached hydrogen (secondary N) is 1. The van der Waals surface area contributed by atoms with Gasteiger partial charge in [0.2, 0.25) is 5.89 Å². The molecule has 2 atom stereocenters. The Balaban J connectivity index is 2.00. The summed E-state index contributed by atoms with van der Waals surface area (Å²) in [5.41, 5.74) is 2.47. The van der Waals surface area contributed by atoms with Crippen molar-refractivity contribution >= 4 is 0 Å². The van der Waals surface area contributed by atoms with E-state index in [-0.39, 0.29) is 5.92 Å². The molecular weight excluding hydrogens is 262 g/mol. The van der Waals surface area contributed by atoms with Gasteiger partial charge < -0.3 is 9.84 Å². The number of benzene rings is 1. The van der Waals surface area contributed by atoms with E-state index in [2.05, 4.69) is 67.4 Å². The zero-order chi connectivity index (χ0) is 15.2. The molecule has 2 aromatic rings. The first kappa shape index (κ1) is 15.7. The van der Waals surface area contributed by atoms with Crippen LogP contribution in [0.15, 0.2) is 28.8 Å². The monoisotopic (exact) mass is 287 g/mol. The minimum Gasteiger partial charge on any atom is -0.339 e. The van der Waals surface area contributed by atoms with E-state index in [1.54, 1.807) is 0 Å². The molecule has 2 unspecified atom stereocenters. The number of aryl methyl sites for hydroxylation is 1. The SMILES string of the molecule is CCCNC(C)C(C)c1nc(Cc2cccc(C)c2)no1. The summed E-state index contributed by atoms with van der Waals surface area (Å²) in [6.45, 7) is 9.54. The summed E-state index contributed by atoms with van der Waals surface area (Å²) in [7, 11) is 0. The molecule has 1 heterocycles. The van der Waals surface area contributed by atoms with Gasteiger partial charge in [0.05, 0.1) is 5.92 Å². The highest BCUT2D eigenvalue weighted by Crippen LogP contribution is 2.18. The topological polar surface area (TPSA) is 51.0 Å². The fourth-order valence-corrected chi connectivity index (χ4v) is 2.29. The summed E-state index contributed by atoms with van der Waals surface area (Å²) in [6.07, 6.45) is 1.84. The van der Waals surface area contributed by atoms with Gasteiger partial charge in [-0.05, 0) is 32.4 Å². The van der Waals surface area contributed by atoms with Crippen molar-refractivity contribution in [2.45, 2.75) is 52.5 Å². The molecule has 0 radical (unpaired) electrons. The zero-order valence-corrected chi connectivity index (χ0v) is 13.4. The van der Waals surface area contributed by atoms with Gasteiger partial charge in [0.15, 0.2) is 5.82 Å². The van der Waals surface area contributed by atoms with Crippen LogP contribution in [0.1, 0.15) is 56.0 Å². The molecule has 1 aromatic carbocycles. The van der Waals surface area contributed by atoms with E-state index < -0.39 is 0 Å². The van der Waals surface area contributed by atoms with Gasteiger partial charge in [0.1, 0.15) is 0 Å². The molecule has 0 saturated heterocycles. The van der Waals surface area contributed by atoms with Crippen molar-refractivity contribution < 1.29 is 4.52 Å². The number of nitrogens with zero attached hydrogens (tertiary/aromatic N) is 2. The molecule has 0 aliphatic carbocycles. The second-order valence-electron chi connectivity index (χ2n) is 5.75. The van der Waals surface area contributed by atoms with Gasteiger partial charge in [0.25, 0.3) is 0 Å². The first-order valence-electron chi connectivity index (χ1n) is 7.71. The fourth-order valence-electron chi connectivity index (χ4n) is 2.29. The van der Waals surface area contributed by atoms with Crippen molar-refractivity contribution in [3.8, 4) is 0 Å². The maximum atomic E-state index is 5.43. The number of hydrogen-bond acceptors (Lipinski definition) is 4. The molecule has 4 nitrogen and oxygen atoms in total. The molecule has 0 bridgehead atoms. The lowest BCUT2D eigenvalue weighted by atomic mass is 10.0. The van der Waals surface area contributed by atoms with Crippen molar-refractivity contribution in [3.05, 3.63) is 47.1 Å². The highest BCUT2D eigenvalue weighted by molar-refractivity contribution is 5.24. The highest BCUT2D eigenvalue weighted by Gasteiger charge is 2.20. The lowest BCUT2D eigenvalue weighted by Gasteiger charge is -2.17. The molecule has 1 aromatic heterocycles. The van der Waals surface area contributed by atoms with Crippen LogP contribution in [0.3, 0.4) is 0 Å². The first-order chi connectivity index (χ1) is 10.1. The summed E-state index contributed by atoms with van der Waals surface area (Å²) in [4.78, 5) is 4.55. The van der Waals surface area contributed by atoms with Crippen molar-refractivity contribution in [2.75, 3.05) is 6.54 Å². The van der Waals surface area contributed by atoms with Gasteiger partial charge in [-0.15, -0.1) is 0 Å². The van der Waals surface area contributed by atoms with Crippen molar-refractivity contribution in [1.82, 2.24) is 15.5 Å². The second kappa shape index (κ2) is 7.36. The van der Waals surface area contributed by atoms with E-state index in [9.17, 15) is 0 Å². The molecule has 1 N–H and O–H groups in total. The standard InChI is InChI=1S/C17H25N3O/c1-5-9-18-14(4)13(3)17-19-16(20-21-17)11-15-8-6-7-12(2)10-15/h6-8,10,13-14,18H,5,9,11H2,1-4H3. The number of rotatable bonds is 7. The third kappa shape index (κ3) is 4.39. The highest BCUT2D eigenvalue weighted by atomic mass is 16.5. The Bertz CT molecular complexity index is 565. The van der Waals surface area contributed by atoms with Gasteiger partial charge in [-0.1, -0.05) is 48.8 Å². The van der Waals surface area contributed by atoms with Gasteiger partial charge in [-0.2, -0.15) is 4.98 Å². The van der Waals surface area contributed by atoms with E-state index in [0.717, 1.165) is 18.8 Å². The Morgan fingerprint density at radius 3 is 2.81 bits per heavy atom. The smallest absolute Gasteiger partial charge is 0.231 e. The summed E-state index contributed by atoms with van der Waals surface area (Å²) in [5, 5.41) is 7.58. The minimum atomic E-state index is 0.218. The van der Waals surface area contributed by atoms with E-state index in [1.807, 2.05) is 0 Å². The molecule has 0 fully saturated rings. The Kier molecular flexibility index (Phi) is 5.51. The predicted molar refractivity (Wildman–Crippen MR) is 84.5 cm³/mol. The molecule has 2 rings (SSSR count). The van der Waals surface area contributed by atoms with Crippen LogP contribution in [0, 0.1) is 6.92 Å². The van der Waals surface area contributed by atoms with Gasteiger partial charge in [-0.3, -0.25) is 0 Å². The largest absolute Gasteiger partial charge is 0.339 e. The molecule has 0 aliphatic rings. The molecule has 114 valence electrons. The van der Waals surface area contributed by atoms with Crippen LogP contribution in [0.5, 0.6) is 0 Å². The van der Waals surface area contributed by atoms with Crippen molar-refractivity contribution in [2.24, 2.45) is 0 Å². The lowest BCUT2D eigenvalue weighted by Crippen LogP contribution is -2.31. The third-order valence-corrected chi connectivity index (χ3v) is 3.78. The van der Waals surface area contributed by atoms with Crippen LogP contribution in [0.2, 0.25) is 0 Å². The van der Waals surface area contributed by atoms with Gasteiger partial charge >= 0.3 is 0 Å². The van der Waals surface area contributed by atoms with Gasteiger partial charge in [-0.25, -0.2) is 0 Å². The molecule has 0 saturated carbocycles. The summed E-state index contributed by atoms with van der Waals surface area (Å²) in [5.74, 6) is 1.69. The van der Waals surface area contributed by atoms with Crippen LogP contribution < -0.4 is 5.32 Å². The maximum Gasteiger partial charge on any atom is 0.231 e. The average molecular weight is 287 g/mol. The van der Waals surface area contributed by atoms with Crippen LogP contribution in [0.25, 0.3) is 0 Å². The second-order valence-corrected chi connectivity index (χ2v) is 5.75. The van der Waals surface area contributed by atoms with Crippen LogP contribution in [0.4, 0.5) is 0 Å². The maximum absolute atomic E-state index is 5.43. The van der Waals surface area contributed by atoms with Crippen LogP contribution in [-0.4, -0.2) is 22.7 Å². The Hall–Kier alpha value is -1.68. The molecule has 4 heteroatoms. The van der Waals surface area contributed by atoms with Gasteiger partial charge in [0, 0.05) is 12.5 Å². The Labute approximate surface area is 127 Å². The van der Waals surface area contributed by atoms with Crippen LogP contribution in [-0.2, 0) is 6.42 Å². The average Bonchev–Trinajstić information content (AvgIpc) is 2.92. The third-order valence-electron chi connectivity index (χ3n) is 3.78. The van der Waals surface area contributed by atoms with Crippen molar-refractivity contribution in [1.29, 1.82) is 0 Å². The van der Waals surface area contributed by atoms with E-state index in [0.29, 0.717) is 18.4 Å². The molecule has 0 amide bonds. The first-order valence-corrected chi connectivity index (χ1v) is 7.71. The molecular formula is C17H25N3O. The number of hydrogen-bond donors (Lipinski definition) is 1. The van der Waals surface area contributed by atoms with E-state index in [4.69, 9.17) is 4.52 Å². The predicted octanol–water partition coefficient (Wildman–Crippen LogP) is 3.46. The van der Waals surface area contributed by atoms with E-state index in [1.165, 1.54) is 11.1 Å². The summed E-state index contributed by atoms with van der Waals surface area (Å²) >= 11 is 0. The Morgan fingerprint density at radius 2 is 2.10 bits per heavy atom. The molecule has 0 spiro atoms. The molecule has 21 heavy (non-hydrogen) atoms.